The van der Waals surface area contributed by atoms with Crippen LogP contribution in [0, 0.1) is 13.8 Å². The molecule has 0 saturated carbocycles. The van der Waals surface area contributed by atoms with Crippen molar-refractivity contribution < 1.29 is 27.9 Å². The molecule has 0 atom stereocenters. The minimum absolute atomic E-state index is 0.0534. The zero-order valence-corrected chi connectivity index (χ0v) is 18.5. The van der Waals surface area contributed by atoms with E-state index < -0.39 is 21.9 Å². The van der Waals surface area contributed by atoms with Crippen LogP contribution in [0.3, 0.4) is 0 Å². The molecule has 32 heavy (non-hydrogen) atoms. The lowest BCUT2D eigenvalue weighted by Gasteiger charge is -2.16. The number of ether oxygens (including phenoxy) is 1. The molecule has 0 unspecified atom stereocenters. The van der Waals surface area contributed by atoms with Crippen LogP contribution in [0.2, 0.25) is 0 Å². The summed E-state index contributed by atoms with van der Waals surface area (Å²) >= 11 is 0. The van der Waals surface area contributed by atoms with Crippen LogP contribution < -0.4 is 14.8 Å². The highest BCUT2D eigenvalue weighted by atomic mass is 32.2. The lowest BCUT2D eigenvalue weighted by Crippen LogP contribution is -2.20. The largest absolute Gasteiger partial charge is 0.495 e. The number of amides is 1. The lowest BCUT2D eigenvalue weighted by molar-refractivity contribution is 0.0696. The second-order valence-corrected chi connectivity index (χ2v) is 8.68. The summed E-state index contributed by atoms with van der Waals surface area (Å²) in [5.74, 6) is -1.32. The second kappa shape index (κ2) is 9.11. The quantitative estimate of drug-likeness (QED) is 0.495. The summed E-state index contributed by atoms with van der Waals surface area (Å²) in [7, 11) is -2.71. The van der Waals surface area contributed by atoms with Crippen molar-refractivity contribution in [1.29, 1.82) is 0 Å². The van der Waals surface area contributed by atoms with Gasteiger partial charge in [-0.25, -0.2) is 13.2 Å². The molecular weight excluding hydrogens is 432 g/mol. The van der Waals surface area contributed by atoms with Crippen molar-refractivity contribution in [2.45, 2.75) is 18.7 Å². The number of rotatable bonds is 7. The van der Waals surface area contributed by atoms with Gasteiger partial charge in [0, 0.05) is 0 Å². The summed E-state index contributed by atoms with van der Waals surface area (Å²) in [6.07, 6.45) is 0. The third-order valence-corrected chi connectivity index (χ3v) is 6.42. The van der Waals surface area contributed by atoms with Crippen LogP contribution in [0.25, 0.3) is 0 Å². The van der Waals surface area contributed by atoms with E-state index in [0.717, 1.165) is 6.07 Å². The van der Waals surface area contributed by atoms with Crippen molar-refractivity contribution in [2.75, 3.05) is 17.1 Å². The Morgan fingerprint density at radius 2 is 1.56 bits per heavy atom. The lowest BCUT2D eigenvalue weighted by atomic mass is 10.1. The first-order chi connectivity index (χ1) is 15.1. The molecule has 0 aliphatic rings. The Balaban J connectivity index is 1.98. The fraction of sp³-hybridized carbons (Fsp3) is 0.130. The first kappa shape index (κ1) is 22.8. The fourth-order valence-electron chi connectivity index (χ4n) is 3.14. The van der Waals surface area contributed by atoms with Gasteiger partial charge >= 0.3 is 5.97 Å². The number of hydrogen-bond donors (Lipinski definition) is 3. The van der Waals surface area contributed by atoms with Gasteiger partial charge in [0.2, 0.25) is 0 Å². The smallest absolute Gasteiger partial charge is 0.335 e. The summed E-state index contributed by atoms with van der Waals surface area (Å²) in [5.41, 5.74) is 1.36. The van der Waals surface area contributed by atoms with Crippen molar-refractivity contribution in [3.63, 3.8) is 0 Å². The van der Waals surface area contributed by atoms with Crippen LogP contribution in [0.1, 0.15) is 31.8 Å². The first-order valence-electron chi connectivity index (χ1n) is 9.55. The van der Waals surface area contributed by atoms with Crippen molar-refractivity contribution in [3.8, 4) is 5.75 Å². The molecule has 0 spiro atoms. The monoisotopic (exact) mass is 454 g/mol. The fourth-order valence-corrected chi connectivity index (χ4v) is 4.56. The Hall–Kier alpha value is -3.85. The molecule has 0 fully saturated rings. The van der Waals surface area contributed by atoms with E-state index in [0.29, 0.717) is 22.6 Å². The molecule has 9 heteroatoms. The number of aryl methyl sites for hydroxylation is 1. The summed E-state index contributed by atoms with van der Waals surface area (Å²) in [6.45, 7) is 3.23. The first-order valence-corrected chi connectivity index (χ1v) is 11.0. The Morgan fingerprint density at radius 3 is 2.22 bits per heavy atom. The third kappa shape index (κ3) is 4.73. The van der Waals surface area contributed by atoms with Gasteiger partial charge in [0.25, 0.3) is 15.9 Å². The molecule has 3 aromatic rings. The average Bonchev–Trinajstić information content (AvgIpc) is 2.75. The van der Waals surface area contributed by atoms with Crippen LogP contribution >= 0.6 is 0 Å². The van der Waals surface area contributed by atoms with Gasteiger partial charge in [0.15, 0.2) is 0 Å². The average molecular weight is 455 g/mol. The molecule has 0 aliphatic heterocycles. The highest BCUT2D eigenvalue weighted by Crippen LogP contribution is 2.27. The number of hydrogen-bond acceptors (Lipinski definition) is 5. The van der Waals surface area contributed by atoms with Gasteiger partial charge in [-0.1, -0.05) is 24.3 Å². The van der Waals surface area contributed by atoms with E-state index in [-0.39, 0.29) is 21.7 Å². The Bertz CT molecular complexity index is 1300. The topological polar surface area (TPSA) is 122 Å². The number of sulfonamides is 1. The van der Waals surface area contributed by atoms with E-state index in [1.165, 1.54) is 25.3 Å². The Kier molecular flexibility index (Phi) is 6.50. The molecule has 8 nitrogen and oxygen atoms in total. The number of benzene rings is 3. The number of carbonyl (C=O) groups is 2. The van der Waals surface area contributed by atoms with Crippen LogP contribution in [0.15, 0.2) is 65.6 Å². The van der Waals surface area contributed by atoms with Gasteiger partial charge in [0.05, 0.1) is 34.5 Å². The maximum Gasteiger partial charge on any atom is 0.335 e. The van der Waals surface area contributed by atoms with Gasteiger partial charge in [-0.2, -0.15) is 0 Å². The molecule has 0 bridgehead atoms. The van der Waals surface area contributed by atoms with Crippen LogP contribution in [-0.2, 0) is 10.0 Å². The standard InChI is InChI=1S/C23H22N2O6S/c1-14-12-16(23(27)28)13-21(15(14)2)32(29,30)25-18-9-5-4-8-17(18)22(26)24-19-10-6-7-11-20(19)31-3/h4-13,25H,1-3H3,(H,24,26)(H,27,28). The Morgan fingerprint density at radius 1 is 0.938 bits per heavy atom. The van der Waals surface area contributed by atoms with Crippen molar-refractivity contribution >= 4 is 33.3 Å². The predicted octanol–water partition coefficient (Wildman–Crippen LogP) is 4.06. The minimum Gasteiger partial charge on any atom is -0.495 e. The normalized spacial score (nSPS) is 11.0. The number of aromatic carboxylic acids is 1. The van der Waals surface area contributed by atoms with Gasteiger partial charge in [-0.3, -0.25) is 9.52 Å². The van der Waals surface area contributed by atoms with Crippen LogP contribution in [0.5, 0.6) is 5.75 Å². The zero-order valence-electron chi connectivity index (χ0n) is 17.7. The van der Waals surface area contributed by atoms with E-state index in [1.54, 1.807) is 50.2 Å². The van der Waals surface area contributed by atoms with E-state index in [9.17, 15) is 23.1 Å². The van der Waals surface area contributed by atoms with Crippen molar-refractivity contribution in [3.05, 3.63) is 82.9 Å². The molecule has 0 heterocycles. The molecule has 1 amide bonds. The number of carboxylic acids is 1. The van der Waals surface area contributed by atoms with Gasteiger partial charge in [-0.15, -0.1) is 0 Å². The van der Waals surface area contributed by atoms with Gasteiger partial charge in [0.1, 0.15) is 5.75 Å². The predicted molar refractivity (Wildman–Crippen MR) is 121 cm³/mol. The summed E-state index contributed by atoms with van der Waals surface area (Å²) < 4.78 is 33.9. The van der Waals surface area contributed by atoms with Crippen LogP contribution in [0.4, 0.5) is 11.4 Å². The van der Waals surface area contributed by atoms with Crippen LogP contribution in [-0.4, -0.2) is 32.5 Å². The van der Waals surface area contributed by atoms with E-state index in [2.05, 4.69) is 10.0 Å². The molecule has 0 saturated heterocycles. The molecule has 166 valence electrons. The SMILES string of the molecule is COc1ccccc1NC(=O)c1ccccc1NS(=O)(=O)c1cc(C(=O)O)cc(C)c1C. The van der Waals surface area contributed by atoms with Crippen molar-refractivity contribution in [2.24, 2.45) is 0 Å². The van der Waals surface area contributed by atoms with E-state index in [1.807, 2.05) is 0 Å². The van der Waals surface area contributed by atoms with Gasteiger partial charge in [-0.05, 0) is 61.4 Å². The molecule has 3 aromatic carbocycles. The summed E-state index contributed by atoms with van der Waals surface area (Å²) in [5, 5.41) is 12.0. The van der Waals surface area contributed by atoms with Crippen molar-refractivity contribution in [1.82, 2.24) is 0 Å². The molecule has 3 rings (SSSR count). The summed E-state index contributed by atoms with van der Waals surface area (Å²) in [6, 6.07) is 15.5. The van der Waals surface area contributed by atoms with E-state index in [4.69, 9.17) is 4.74 Å². The molecular formula is C23H22N2O6S. The van der Waals surface area contributed by atoms with Gasteiger partial charge < -0.3 is 15.2 Å². The van der Waals surface area contributed by atoms with E-state index >= 15 is 0 Å². The summed E-state index contributed by atoms with van der Waals surface area (Å²) in [4.78, 5) is 24.1. The number of carboxylic acid groups (broad SMARTS) is 1. The molecule has 3 N–H and O–H groups in total. The number of carbonyl (C=O) groups excluding carboxylic acids is 1. The molecule has 0 aromatic heterocycles. The minimum atomic E-state index is -4.18. The maximum atomic E-state index is 13.1. The Labute approximate surface area is 185 Å². The molecule has 0 radical (unpaired) electrons. The highest BCUT2D eigenvalue weighted by molar-refractivity contribution is 7.92. The molecule has 0 aliphatic carbocycles. The number of para-hydroxylation sites is 3. The number of nitrogens with one attached hydrogen (secondary N) is 2. The number of anilines is 2. The number of methoxy groups -OCH3 is 1. The third-order valence-electron chi connectivity index (χ3n) is 4.93. The second-order valence-electron chi connectivity index (χ2n) is 7.03. The highest BCUT2D eigenvalue weighted by Gasteiger charge is 2.23. The maximum absolute atomic E-state index is 13.1. The zero-order chi connectivity index (χ0) is 23.5.